The number of aliphatic carboxylic acids is 1. The maximum absolute atomic E-state index is 12.4. The van der Waals surface area contributed by atoms with Crippen molar-refractivity contribution in [3.05, 3.63) is 71.8 Å². The van der Waals surface area contributed by atoms with Gasteiger partial charge in [0.15, 0.2) is 0 Å². The Labute approximate surface area is 168 Å². The molecular weight excluding hydrogens is 370 g/mol. The Morgan fingerprint density at radius 3 is 2.17 bits per heavy atom. The third kappa shape index (κ3) is 3.76. The number of carboxylic acid groups (broad SMARTS) is 1. The highest BCUT2D eigenvalue weighted by Gasteiger charge is 2.35. The standard InChI is InChI=1S/C23H23NO5/c25-21-18(22(26)27)11-5-6-12-20(21)24-23(28)29-13-19-16-9-3-1-7-14(16)15-8-2-4-10-17(15)19/h1-10,18-21,25H,11-13H2,(H,24,28)(H,26,27)/t18-,20-,21-/m1/s1. The van der Waals surface area contributed by atoms with Gasteiger partial charge in [0.05, 0.1) is 18.1 Å². The zero-order valence-corrected chi connectivity index (χ0v) is 15.8. The fourth-order valence-corrected chi connectivity index (χ4v) is 4.23. The third-order valence-electron chi connectivity index (χ3n) is 5.74. The summed E-state index contributed by atoms with van der Waals surface area (Å²) in [5.74, 6) is -2.09. The number of ether oxygens (including phenoxy) is 1. The van der Waals surface area contributed by atoms with E-state index in [0.717, 1.165) is 22.3 Å². The van der Waals surface area contributed by atoms with Crippen LogP contribution < -0.4 is 5.32 Å². The number of hydrogen-bond acceptors (Lipinski definition) is 4. The average Bonchev–Trinajstić information content (AvgIpc) is 2.92. The first-order chi connectivity index (χ1) is 14.1. The largest absolute Gasteiger partial charge is 0.481 e. The van der Waals surface area contributed by atoms with E-state index in [2.05, 4.69) is 17.4 Å². The molecular formula is C23H23NO5. The van der Waals surface area contributed by atoms with Gasteiger partial charge in [-0.3, -0.25) is 4.79 Å². The number of aliphatic hydroxyl groups is 1. The average molecular weight is 393 g/mol. The number of carboxylic acids is 1. The second-order valence-corrected chi connectivity index (χ2v) is 7.45. The Balaban J connectivity index is 1.44. The van der Waals surface area contributed by atoms with Crippen LogP contribution >= 0.6 is 0 Å². The molecule has 0 saturated heterocycles. The molecule has 1 amide bonds. The van der Waals surface area contributed by atoms with Crippen molar-refractivity contribution in [2.75, 3.05) is 6.61 Å². The summed E-state index contributed by atoms with van der Waals surface area (Å²) in [4.78, 5) is 23.8. The van der Waals surface area contributed by atoms with E-state index in [9.17, 15) is 19.8 Å². The van der Waals surface area contributed by atoms with Crippen molar-refractivity contribution >= 4 is 12.1 Å². The molecule has 0 unspecified atom stereocenters. The lowest BCUT2D eigenvalue weighted by molar-refractivity contribution is -0.146. The topological polar surface area (TPSA) is 95.9 Å². The molecule has 2 aromatic carbocycles. The molecule has 6 nitrogen and oxygen atoms in total. The molecule has 2 aromatic rings. The molecule has 150 valence electrons. The number of hydrogen-bond donors (Lipinski definition) is 3. The maximum Gasteiger partial charge on any atom is 0.407 e. The normalized spacial score (nSPS) is 23.0. The van der Waals surface area contributed by atoms with Crippen LogP contribution in [0.5, 0.6) is 0 Å². The lowest BCUT2D eigenvalue weighted by atomic mass is 9.94. The summed E-state index contributed by atoms with van der Waals surface area (Å²) in [5, 5.41) is 22.3. The second kappa shape index (κ2) is 8.09. The number of carbonyl (C=O) groups excluding carboxylic acids is 1. The molecule has 4 rings (SSSR count). The highest BCUT2D eigenvalue weighted by Crippen LogP contribution is 2.44. The molecule has 0 fully saturated rings. The summed E-state index contributed by atoms with van der Waals surface area (Å²) in [5.41, 5.74) is 4.52. The molecule has 0 spiro atoms. The van der Waals surface area contributed by atoms with Gasteiger partial charge >= 0.3 is 12.1 Å². The molecule has 0 heterocycles. The van der Waals surface area contributed by atoms with Gasteiger partial charge in [-0.15, -0.1) is 0 Å². The first kappa shape index (κ1) is 19.2. The van der Waals surface area contributed by atoms with Crippen LogP contribution in [0.4, 0.5) is 4.79 Å². The number of aliphatic hydroxyl groups excluding tert-OH is 1. The minimum atomic E-state index is -1.18. The van der Waals surface area contributed by atoms with Crippen LogP contribution in [0.25, 0.3) is 11.1 Å². The fraction of sp³-hybridized carbons (Fsp3) is 0.304. The number of alkyl carbamates (subject to hydrolysis) is 1. The van der Waals surface area contributed by atoms with Gasteiger partial charge < -0.3 is 20.3 Å². The minimum absolute atomic E-state index is 0.0566. The zero-order chi connectivity index (χ0) is 20.4. The number of nitrogens with one attached hydrogen (secondary N) is 1. The Morgan fingerprint density at radius 1 is 0.966 bits per heavy atom. The van der Waals surface area contributed by atoms with Gasteiger partial charge in [-0.25, -0.2) is 4.79 Å². The number of allylic oxidation sites excluding steroid dienone is 1. The van der Waals surface area contributed by atoms with E-state index in [4.69, 9.17) is 4.74 Å². The SMILES string of the molecule is O=C(N[C@@H]1CC=CC[C@@H](C(=O)O)[C@H]1O)OCC1c2ccccc2-c2ccccc21. The monoisotopic (exact) mass is 393 g/mol. The highest BCUT2D eigenvalue weighted by atomic mass is 16.5. The van der Waals surface area contributed by atoms with Crippen LogP contribution in [0.3, 0.4) is 0 Å². The van der Waals surface area contributed by atoms with Crippen LogP contribution in [-0.2, 0) is 9.53 Å². The van der Waals surface area contributed by atoms with Gasteiger partial charge in [0.1, 0.15) is 6.61 Å². The van der Waals surface area contributed by atoms with Crippen LogP contribution in [0, 0.1) is 5.92 Å². The summed E-state index contributed by atoms with van der Waals surface area (Å²) >= 11 is 0. The molecule has 6 heteroatoms. The maximum atomic E-state index is 12.4. The van der Waals surface area contributed by atoms with E-state index in [0.29, 0.717) is 6.42 Å². The van der Waals surface area contributed by atoms with Gasteiger partial charge in [-0.2, -0.15) is 0 Å². The summed E-state index contributed by atoms with van der Waals surface area (Å²) in [6.07, 6.45) is 2.26. The second-order valence-electron chi connectivity index (χ2n) is 7.45. The van der Waals surface area contributed by atoms with Gasteiger partial charge in [0.2, 0.25) is 0 Å². The van der Waals surface area contributed by atoms with E-state index < -0.39 is 30.1 Å². The molecule has 0 radical (unpaired) electrons. The predicted molar refractivity (Wildman–Crippen MR) is 107 cm³/mol. The number of benzene rings is 2. The molecule has 3 N–H and O–H groups in total. The van der Waals surface area contributed by atoms with Crippen molar-refractivity contribution < 1.29 is 24.5 Å². The minimum Gasteiger partial charge on any atom is -0.481 e. The Kier molecular flexibility index (Phi) is 5.36. The number of fused-ring (bicyclic) bond motifs is 3. The van der Waals surface area contributed by atoms with Crippen molar-refractivity contribution in [3.8, 4) is 11.1 Å². The zero-order valence-electron chi connectivity index (χ0n) is 15.8. The number of amides is 1. The van der Waals surface area contributed by atoms with Crippen molar-refractivity contribution in [1.29, 1.82) is 0 Å². The molecule has 0 saturated carbocycles. The van der Waals surface area contributed by atoms with Crippen LogP contribution in [-0.4, -0.2) is 41.0 Å². The molecule has 0 aromatic heterocycles. The Bertz CT molecular complexity index is 908. The smallest absolute Gasteiger partial charge is 0.407 e. The summed E-state index contributed by atoms with van der Waals surface area (Å²) < 4.78 is 5.49. The van der Waals surface area contributed by atoms with Crippen molar-refractivity contribution in [1.82, 2.24) is 5.32 Å². The predicted octanol–water partition coefficient (Wildman–Crippen LogP) is 3.31. The van der Waals surface area contributed by atoms with Gasteiger partial charge in [-0.05, 0) is 35.1 Å². The Morgan fingerprint density at radius 2 is 1.55 bits per heavy atom. The first-order valence-corrected chi connectivity index (χ1v) is 9.73. The molecule has 2 aliphatic carbocycles. The van der Waals surface area contributed by atoms with Crippen LogP contribution in [0.2, 0.25) is 0 Å². The van der Waals surface area contributed by atoms with Crippen LogP contribution in [0.15, 0.2) is 60.7 Å². The van der Waals surface area contributed by atoms with E-state index in [1.54, 1.807) is 12.2 Å². The number of carbonyl (C=O) groups is 2. The summed E-state index contributed by atoms with van der Waals surface area (Å²) in [6.45, 7) is 0.168. The number of rotatable bonds is 4. The van der Waals surface area contributed by atoms with E-state index in [1.165, 1.54) is 0 Å². The first-order valence-electron chi connectivity index (χ1n) is 9.73. The van der Waals surface area contributed by atoms with Gasteiger partial charge in [-0.1, -0.05) is 60.7 Å². The fourth-order valence-electron chi connectivity index (χ4n) is 4.23. The molecule has 0 bridgehead atoms. The quantitative estimate of drug-likeness (QED) is 0.693. The Hall–Kier alpha value is -3.12. The van der Waals surface area contributed by atoms with Gasteiger partial charge in [0, 0.05) is 5.92 Å². The van der Waals surface area contributed by atoms with Crippen molar-refractivity contribution in [2.24, 2.45) is 5.92 Å². The van der Waals surface area contributed by atoms with E-state index >= 15 is 0 Å². The molecule has 2 aliphatic rings. The van der Waals surface area contributed by atoms with Crippen LogP contribution in [0.1, 0.15) is 29.9 Å². The third-order valence-corrected chi connectivity index (χ3v) is 5.74. The summed E-state index contributed by atoms with van der Waals surface area (Å²) in [7, 11) is 0. The molecule has 29 heavy (non-hydrogen) atoms. The van der Waals surface area contributed by atoms with Crippen molar-refractivity contribution in [2.45, 2.75) is 30.9 Å². The molecule has 0 aliphatic heterocycles. The van der Waals surface area contributed by atoms with E-state index in [1.807, 2.05) is 36.4 Å². The lowest BCUT2D eigenvalue weighted by Gasteiger charge is -2.25. The van der Waals surface area contributed by atoms with Gasteiger partial charge in [0.25, 0.3) is 0 Å². The highest BCUT2D eigenvalue weighted by molar-refractivity contribution is 5.79. The lowest BCUT2D eigenvalue weighted by Crippen LogP contribution is -2.47. The van der Waals surface area contributed by atoms with Crippen molar-refractivity contribution in [3.63, 3.8) is 0 Å². The molecule has 3 atom stereocenters. The van der Waals surface area contributed by atoms with E-state index in [-0.39, 0.29) is 18.9 Å². The summed E-state index contributed by atoms with van der Waals surface area (Å²) in [6, 6.07) is 15.4.